The molecule has 0 aliphatic carbocycles. The summed E-state index contributed by atoms with van der Waals surface area (Å²) in [5, 5.41) is 4.66. The van der Waals surface area contributed by atoms with Gasteiger partial charge in [0.1, 0.15) is 17.3 Å². The number of benzene rings is 1. The maximum Gasteiger partial charge on any atom is 0.389 e. The van der Waals surface area contributed by atoms with E-state index in [2.05, 4.69) is 10.6 Å². The first-order chi connectivity index (χ1) is 9.74. The molecule has 1 aromatic rings. The monoisotopic (exact) mass is 310 g/mol. The number of halogens is 5. The Morgan fingerprint density at radius 1 is 1.19 bits per heavy atom. The normalized spacial score (nSPS) is 11.3. The number of hydrogen-bond donors (Lipinski definition) is 2. The predicted octanol–water partition coefficient (Wildman–Crippen LogP) is 3.47. The maximum atomic E-state index is 13.6. The highest BCUT2D eigenvalue weighted by atomic mass is 19.4. The summed E-state index contributed by atoms with van der Waals surface area (Å²) in [6, 6.07) is 1.67. The standard InChI is InChI=1S/C13H15F5N2O/c1-2-19-11-9(14)6-8(7-10(11)15)12(21)20-5-3-4-13(16,17)18/h6-7,19H,2-5H2,1H3,(H,20,21). The minimum absolute atomic E-state index is 0.226. The molecular weight excluding hydrogens is 295 g/mol. The van der Waals surface area contributed by atoms with E-state index in [4.69, 9.17) is 0 Å². The highest BCUT2D eigenvalue weighted by Crippen LogP contribution is 2.22. The van der Waals surface area contributed by atoms with E-state index in [-0.39, 0.29) is 24.2 Å². The molecule has 1 aromatic carbocycles. The van der Waals surface area contributed by atoms with Gasteiger partial charge in [0.2, 0.25) is 0 Å². The van der Waals surface area contributed by atoms with E-state index in [0.29, 0.717) is 6.54 Å². The van der Waals surface area contributed by atoms with Crippen LogP contribution in [0, 0.1) is 11.6 Å². The van der Waals surface area contributed by atoms with Crippen LogP contribution in [-0.4, -0.2) is 25.2 Å². The van der Waals surface area contributed by atoms with Gasteiger partial charge in [-0.25, -0.2) is 8.78 Å². The van der Waals surface area contributed by atoms with Crippen LogP contribution in [0.2, 0.25) is 0 Å². The highest BCUT2D eigenvalue weighted by molar-refractivity contribution is 5.94. The van der Waals surface area contributed by atoms with Gasteiger partial charge in [0.05, 0.1) is 0 Å². The summed E-state index contributed by atoms with van der Waals surface area (Å²) in [6.07, 6.45) is -5.62. The Morgan fingerprint density at radius 2 is 1.76 bits per heavy atom. The van der Waals surface area contributed by atoms with Crippen LogP contribution in [0.5, 0.6) is 0 Å². The molecule has 3 nitrogen and oxygen atoms in total. The molecule has 118 valence electrons. The topological polar surface area (TPSA) is 41.1 Å². The van der Waals surface area contributed by atoms with E-state index in [1.807, 2.05) is 0 Å². The van der Waals surface area contributed by atoms with E-state index >= 15 is 0 Å². The predicted molar refractivity (Wildman–Crippen MR) is 68.1 cm³/mol. The first-order valence-electron chi connectivity index (χ1n) is 6.32. The Morgan fingerprint density at radius 3 is 2.24 bits per heavy atom. The summed E-state index contributed by atoms with van der Waals surface area (Å²) < 4.78 is 62.9. The quantitative estimate of drug-likeness (QED) is 0.624. The lowest BCUT2D eigenvalue weighted by atomic mass is 10.1. The van der Waals surface area contributed by atoms with Crippen LogP contribution < -0.4 is 10.6 Å². The first-order valence-corrected chi connectivity index (χ1v) is 6.32. The molecule has 0 atom stereocenters. The molecule has 0 bridgehead atoms. The smallest absolute Gasteiger partial charge is 0.381 e. The molecule has 1 amide bonds. The van der Waals surface area contributed by atoms with Crippen molar-refractivity contribution in [1.82, 2.24) is 5.32 Å². The SMILES string of the molecule is CCNc1c(F)cc(C(=O)NCCCC(F)(F)F)cc1F. The summed E-state index contributed by atoms with van der Waals surface area (Å²) in [7, 11) is 0. The summed E-state index contributed by atoms with van der Waals surface area (Å²) >= 11 is 0. The van der Waals surface area contributed by atoms with E-state index in [1.165, 1.54) is 0 Å². The molecule has 2 N–H and O–H groups in total. The van der Waals surface area contributed by atoms with Crippen molar-refractivity contribution in [2.75, 3.05) is 18.4 Å². The molecule has 0 heterocycles. The summed E-state index contributed by atoms with van der Waals surface area (Å²) in [6.45, 7) is 1.73. The number of carbonyl (C=O) groups excluding carboxylic acids is 1. The van der Waals surface area contributed by atoms with E-state index in [0.717, 1.165) is 12.1 Å². The van der Waals surface area contributed by atoms with Crippen molar-refractivity contribution < 1.29 is 26.7 Å². The van der Waals surface area contributed by atoms with Gasteiger partial charge in [-0.1, -0.05) is 0 Å². The Hall–Kier alpha value is -1.86. The zero-order valence-electron chi connectivity index (χ0n) is 11.3. The molecule has 8 heteroatoms. The van der Waals surface area contributed by atoms with Crippen LogP contribution in [0.25, 0.3) is 0 Å². The largest absolute Gasteiger partial charge is 0.389 e. The van der Waals surface area contributed by atoms with Gasteiger partial charge in [-0.15, -0.1) is 0 Å². The fraction of sp³-hybridized carbons (Fsp3) is 0.462. The molecule has 0 saturated heterocycles. The van der Waals surface area contributed by atoms with Crippen molar-refractivity contribution in [2.24, 2.45) is 0 Å². The van der Waals surface area contributed by atoms with Gasteiger partial charge in [0.25, 0.3) is 5.91 Å². The molecule has 0 radical (unpaired) electrons. The average molecular weight is 310 g/mol. The van der Waals surface area contributed by atoms with Gasteiger partial charge in [0.15, 0.2) is 0 Å². The van der Waals surface area contributed by atoms with Gasteiger partial charge >= 0.3 is 6.18 Å². The number of nitrogens with one attached hydrogen (secondary N) is 2. The fourth-order valence-electron chi connectivity index (χ4n) is 1.64. The van der Waals surface area contributed by atoms with Gasteiger partial charge < -0.3 is 10.6 Å². The van der Waals surface area contributed by atoms with Crippen LogP contribution in [0.3, 0.4) is 0 Å². The molecule has 0 aromatic heterocycles. The lowest BCUT2D eigenvalue weighted by Crippen LogP contribution is -2.26. The number of amides is 1. The van der Waals surface area contributed by atoms with E-state index in [9.17, 15) is 26.7 Å². The second kappa shape index (κ2) is 7.24. The molecule has 0 saturated carbocycles. The van der Waals surface area contributed by atoms with Crippen LogP contribution in [0.1, 0.15) is 30.1 Å². The third kappa shape index (κ3) is 5.57. The number of hydrogen-bond acceptors (Lipinski definition) is 2. The second-order valence-corrected chi connectivity index (χ2v) is 4.32. The van der Waals surface area contributed by atoms with Crippen LogP contribution in [0.15, 0.2) is 12.1 Å². The fourth-order valence-corrected chi connectivity index (χ4v) is 1.64. The Kier molecular flexibility index (Phi) is 5.92. The van der Waals surface area contributed by atoms with Crippen molar-refractivity contribution >= 4 is 11.6 Å². The maximum absolute atomic E-state index is 13.6. The third-order valence-corrected chi connectivity index (χ3v) is 2.58. The van der Waals surface area contributed by atoms with Crippen molar-refractivity contribution in [1.29, 1.82) is 0 Å². The summed E-state index contributed by atoms with van der Waals surface area (Å²) in [5.41, 5.74) is -0.621. The van der Waals surface area contributed by atoms with Gasteiger partial charge in [-0.2, -0.15) is 13.2 Å². The highest BCUT2D eigenvalue weighted by Gasteiger charge is 2.26. The zero-order chi connectivity index (χ0) is 16.0. The Labute approximate surface area is 118 Å². The van der Waals surface area contributed by atoms with Crippen molar-refractivity contribution in [3.8, 4) is 0 Å². The molecule has 1 rings (SSSR count). The van der Waals surface area contributed by atoms with Crippen molar-refractivity contribution in [3.63, 3.8) is 0 Å². The minimum atomic E-state index is -4.30. The molecule has 0 unspecified atom stereocenters. The molecule has 0 fully saturated rings. The number of carbonyl (C=O) groups is 1. The Balaban J connectivity index is 2.63. The first kappa shape index (κ1) is 17.2. The average Bonchev–Trinajstić information content (AvgIpc) is 2.37. The van der Waals surface area contributed by atoms with Gasteiger partial charge in [0, 0.05) is 25.1 Å². The van der Waals surface area contributed by atoms with Gasteiger partial charge in [-0.05, 0) is 25.5 Å². The summed E-state index contributed by atoms with van der Waals surface area (Å²) in [4.78, 5) is 11.6. The van der Waals surface area contributed by atoms with Crippen molar-refractivity contribution in [2.45, 2.75) is 25.9 Å². The summed E-state index contributed by atoms with van der Waals surface area (Å²) in [5.74, 6) is -2.69. The van der Waals surface area contributed by atoms with Crippen LogP contribution in [-0.2, 0) is 0 Å². The molecular formula is C13H15F5N2O. The second-order valence-electron chi connectivity index (χ2n) is 4.32. The van der Waals surface area contributed by atoms with Gasteiger partial charge in [-0.3, -0.25) is 4.79 Å². The number of anilines is 1. The lowest BCUT2D eigenvalue weighted by molar-refractivity contribution is -0.135. The molecule has 0 aliphatic heterocycles. The van der Waals surface area contributed by atoms with E-state index in [1.54, 1.807) is 6.92 Å². The number of alkyl halides is 3. The third-order valence-electron chi connectivity index (χ3n) is 2.58. The van der Waals surface area contributed by atoms with Crippen LogP contribution in [0.4, 0.5) is 27.6 Å². The molecule has 0 aliphatic rings. The zero-order valence-corrected chi connectivity index (χ0v) is 11.3. The molecule has 0 spiro atoms. The van der Waals surface area contributed by atoms with Crippen molar-refractivity contribution in [3.05, 3.63) is 29.3 Å². The van der Waals surface area contributed by atoms with Crippen LogP contribution >= 0.6 is 0 Å². The number of rotatable bonds is 6. The minimum Gasteiger partial charge on any atom is -0.381 e. The molecule has 21 heavy (non-hydrogen) atoms. The Bertz CT molecular complexity index is 479. The lowest BCUT2D eigenvalue weighted by Gasteiger charge is -2.10. The van der Waals surface area contributed by atoms with E-state index < -0.39 is 30.1 Å².